The maximum atomic E-state index is 12.5. The molecule has 1 aromatic heterocycles. The summed E-state index contributed by atoms with van der Waals surface area (Å²) in [6.45, 7) is 7.37. The maximum Gasteiger partial charge on any atom is 0.315 e. The topological polar surface area (TPSA) is 75.7 Å². The van der Waals surface area contributed by atoms with E-state index in [4.69, 9.17) is 9.47 Å². The van der Waals surface area contributed by atoms with Crippen LogP contribution in [0.15, 0.2) is 36.5 Å². The number of methoxy groups -OCH3 is 1. The number of nitrogens with one attached hydrogen (secondary N) is 2. The zero-order valence-corrected chi connectivity index (χ0v) is 16.7. The van der Waals surface area contributed by atoms with Crippen LogP contribution in [0, 0.1) is 6.92 Å². The van der Waals surface area contributed by atoms with Crippen LogP contribution in [-0.2, 0) is 11.3 Å². The van der Waals surface area contributed by atoms with Crippen LogP contribution in [0.3, 0.4) is 0 Å². The number of carbonyl (C=O) groups is 1. The number of hydrogen-bond acceptors (Lipinski definition) is 5. The molecule has 0 radical (unpaired) electrons. The van der Waals surface area contributed by atoms with Crippen molar-refractivity contribution in [2.45, 2.75) is 26.4 Å². The molecule has 1 unspecified atom stereocenters. The molecular weight excluding hydrogens is 356 g/mol. The van der Waals surface area contributed by atoms with Crippen LogP contribution in [-0.4, -0.2) is 44.4 Å². The number of rotatable bonds is 6. The number of urea groups is 1. The van der Waals surface area contributed by atoms with Gasteiger partial charge in [-0.05, 0) is 26.0 Å². The van der Waals surface area contributed by atoms with Crippen LogP contribution in [0.2, 0.25) is 0 Å². The molecule has 28 heavy (non-hydrogen) atoms. The van der Waals surface area contributed by atoms with Gasteiger partial charge in [-0.2, -0.15) is 0 Å². The van der Waals surface area contributed by atoms with Crippen LogP contribution >= 0.6 is 0 Å². The molecule has 3 rings (SSSR count). The van der Waals surface area contributed by atoms with Gasteiger partial charge in [-0.25, -0.2) is 9.78 Å². The van der Waals surface area contributed by atoms with Crippen LogP contribution in [0.4, 0.5) is 10.6 Å². The Kier molecular flexibility index (Phi) is 6.71. The SMILES string of the molecule is COc1ccc(C)cc1C(C)NC(=O)NCc1cccnc1N1CCOCC1. The molecule has 7 heteroatoms. The third-order valence-electron chi connectivity index (χ3n) is 4.82. The molecule has 0 saturated carbocycles. The molecule has 1 saturated heterocycles. The Hall–Kier alpha value is -2.80. The van der Waals surface area contributed by atoms with Crippen molar-refractivity contribution in [3.63, 3.8) is 0 Å². The molecule has 2 heterocycles. The average Bonchev–Trinajstić information content (AvgIpc) is 2.73. The Morgan fingerprint density at radius 3 is 2.86 bits per heavy atom. The summed E-state index contributed by atoms with van der Waals surface area (Å²) >= 11 is 0. The van der Waals surface area contributed by atoms with Crippen molar-refractivity contribution in [3.8, 4) is 5.75 Å². The first-order valence-electron chi connectivity index (χ1n) is 9.54. The van der Waals surface area contributed by atoms with E-state index < -0.39 is 0 Å². The van der Waals surface area contributed by atoms with Crippen molar-refractivity contribution in [2.24, 2.45) is 0 Å². The lowest BCUT2D eigenvalue weighted by molar-refractivity contribution is 0.122. The van der Waals surface area contributed by atoms with E-state index in [1.165, 1.54) is 0 Å². The van der Waals surface area contributed by atoms with E-state index in [1.807, 2.05) is 44.2 Å². The zero-order chi connectivity index (χ0) is 19.9. The number of morpholine rings is 1. The number of anilines is 1. The molecule has 150 valence electrons. The molecule has 2 amide bonds. The van der Waals surface area contributed by atoms with Gasteiger partial charge < -0.3 is 25.0 Å². The van der Waals surface area contributed by atoms with Crippen LogP contribution < -0.4 is 20.3 Å². The molecule has 1 aliphatic rings. The second-order valence-electron chi connectivity index (χ2n) is 6.88. The molecular formula is C21H28N4O3. The highest BCUT2D eigenvalue weighted by molar-refractivity contribution is 5.74. The highest BCUT2D eigenvalue weighted by atomic mass is 16.5. The fourth-order valence-corrected chi connectivity index (χ4v) is 3.32. The molecule has 1 atom stereocenters. The van der Waals surface area contributed by atoms with Crippen molar-refractivity contribution in [1.29, 1.82) is 0 Å². The summed E-state index contributed by atoms with van der Waals surface area (Å²) in [6, 6.07) is 9.41. The van der Waals surface area contributed by atoms with E-state index >= 15 is 0 Å². The Morgan fingerprint density at radius 2 is 2.11 bits per heavy atom. The molecule has 1 aromatic carbocycles. The highest BCUT2D eigenvalue weighted by Crippen LogP contribution is 2.26. The predicted molar refractivity (Wildman–Crippen MR) is 109 cm³/mol. The second kappa shape index (κ2) is 9.41. The number of amides is 2. The molecule has 0 bridgehead atoms. The Morgan fingerprint density at radius 1 is 1.32 bits per heavy atom. The largest absolute Gasteiger partial charge is 0.496 e. The maximum absolute atomic E-state index is 12.5. The molecule has 7 nitrogen and oxygen atoms in total. The zero-order valence-electron chi connectivity index (χ0n) is 16.7. The van der Waals surface area contributed by atoms with Gasteiger partial charge in [0.25, 0.3) is 0 Å². The molecule has 0 spiro atoms. The Labute approximate surface area is 166 Å². The van der Waals surface area contributed by atoms with Gasteiger partial charge in [0.05, 0.1) is 26.4 Å². The molecule has 0 aliphatic carbocycles. The van der Waals surface area contributed by atoms with Crippen LogP contribution in [0.25, 0.3) is 0 Å². The summed E-state index contributed by atoms with van der Waals surface area (Å²) in [5.74, 6) is 1.67. The van der Waals surface area contributed by atoms with Crippen molar-refractivity contribution in [3.05, 3.63) is 53.2 Å². The number of carbonyl (C=O) groups excluding carboxylic acids is 1. The third-order valence-corrected chi connectivity index (χ3v) is 4.82. The van der Waals surface area contributed by atoms with E-state index in [2.05, 4.69) is 20.5 Å². The number of pyridine rings is 1. The number of ether oxygens (including phenoxy) is 2. The van der Waals surface area contributed by atoms with E-state index in [0.29, 0.717) is 19.8 Å². The normalized spacial score (nSPS) is 15.0. The molecule has 2 aromatic rings. The third kappa shape index (κ3) is 4.92. The fourth-order valence-electron chi connectivity index (χ4n) is 3.32. The van der Waals surface area contributed by atoms with Crippen molar-refractivity contribution >= 4 is 11.8 Å². The quantitative estimate of drug-likeness (QED) is 0.801. The summed E-state index contributed by atoms with van der Waals surface area (Å²) in [4.78, 5) is 19.2. The standard InChI is InChI=1S/C21H28N4O3/c1-15-6-7-19(27-3)18(13-15)16(2)24-21(26)23-14-17-5-4-8-22-20(17)25-9-11-28-12-10-25/h4-8,13,16H,9-12,14H2,1-3H3,(H2,23,24,26). The summed E-state index contributed by atoms with van der Waals surface area (Å²) in [6.07, 6.45) is 1.78. The van der Waals surface area contributed by atoms with Gasteiger partial charge in [-0.15, -0.1) is 0 Å². The second-order valence-corrected chi connectivity index (χ2v) is 6.88. The summed E-state index contributed by atoms with van der Waals surface area (Å²) in [7, 11) is 1.64. The van der Waals surface area contributed by atoms with Gasteiger partial charge in [0, 0.05) is 37.0 Å². The first-order chi connectivity index (χ1) is 13.6. The molecule has 1 aliphatic heterocycles. The number of benzene rings is 1. The summed E-state index contributed by atoms with van der Waals surface area (Å²) in [5, 5.41) is 5.93. The first-order valence-corrected chi connectivity index (χ1v) is 9.54. The smallest absolute Gasteiger partial charge is 0.315 e. The molecule has 1 fully saturated rings. The van der Waals surface area contributed by atoms with Crippen molar-refractivity contribution < 1.29 is 14.3 Å². The number of nitrogens with zero attached hydrogens (tertiary/aromatic N) is 2. The van der Waals surface area contributed by atoms with Crippen LogP contribution in [0.1, 0.15) is 29.7 Å². The van der Waals surface area contributed by atoms with Gasteiger partial charge in [0.15, 0.2) is 0 Å². The van der Waals surface area contributed by atoms with Gasteiger partial charge in [-0.3, -0.25) is 0 Å². The van der Waals surface area contributed by atoms with Gasteiger partial charge in [0.2, 0.25) is 0 Å². The molecule has 2 N–H and O–H groups in total. The average molecular weight is 384 g/mol. The van der Waals surface area contributed by atoms with E-state index in [0.717, 1.165) is 41.3 Å². The van der Waals surface area contributed by atoms with Gasteiger partial charge >= 0.3 is 6.03 Å². The van der Waals surface area contributed by atoms with Gasteiger partial charge in [0.1, 0.15) is 11.6 Å². The monoisotopic (exact) mass is 384 g/mol. The Balaban J connectivity index is 1.61. The minimum absolute atomic E-state index is 0.178. The number of hydrogen-bond donors (Lipinski definition) is 2. The van der Waals surface area contributed by atoms with Crippen molar-refractivity contribution in [2.75, 3.05) is 38.3 Å². The number of aryl methyl sites for hydroxylation is 1. The Bertz CT molecular complexity index is 806. The lowest BCUT2D eigenvalue weighted by Gasteiger charge is -2.29. The number of aromatic nitrogens is 1. The minimum atomic E-state index is -0.229. The minimum Gasteiger partial charge on any atom is -0.496 e. The van der Waals surface area contributed by atoms with Gasteiger partial charge in [-0.1, -0.05) is 23.8 Å². The predicted octanol–water partition coefficient (Wildman–Crippen LogP) is 2.80. The lowest BCUT2D eigenvalue weighted by atomic mass is 10.0. The first kappa shape index (κ1) is 19.9. The van der Waals surface area contributed by atoms with Crippen LogP contribution in [0.5, 0.6) is 5.75 Å². The highest BCUT2D eigenvalue weighted by Gasteiger charge is 2.17. The van der Waals surface area contributed by atoms with E-state index in [1.54, 1.807) is 13.3 Å². The summed E-state index contributed by atoms with van der Waals surface area (Å²) in [5.41, 5.74) is 3.06. The fraction of sp³-hybridized carbons (Fsp3) is 0.429. The summed E-state index contributed by atoms with van der Waals surface area (Å²) < 4.78 is 10.8. The van der Waals surface area contributed by atoms with Crippen molar-refractivity contribution in [1.82, 2.24) is 15.6 Å². The van der Waals surface area contributed by atoms with E-state index in [9.17, 15) is 4.79 Å². The lowest BCUT2D eigenvalue weighted by Crippen LogP contribution is -2.39. The van der Waals surface area contributed by atoms with E-state index in [-0.39, 0.29) is 12.1 Å².